The van der Waals surface area contributed by atoms with E-state index in [4.69, 9.17) is 9.47 Å². The molecule has 2 atom stereocenters. The molecule has 0 aromatic heterocycles. The van der Waals surface area contributed by atoms with Gasteiger partial charge in [-0.15, -0.1) is 0 Å². The summed E-state index contributed by atoms with van der Waals surface area (Å²) in [6, 6.07) is 26.3. The van der Waals surface area contributed by atoms with Crippen LogP contribution in [0.25, 0.3) is 0 Å². The number of methoxy groups -OCH3 is 1. The number of rotatable bonds is 6. The van der Waals surface area contributed by atoms with Gasteiger partial charge in [-0.2, -0.15) is 0 Å². The summed E-state index contributed by atoms with van der Waals surface area (Å²) in [6.45, 7) is 5.63. The predicted octanol–water partition coefficient (Wildman–Crippen LogP) is 6.04. The van der Waals surface area contributed by atoms with Crippen LogP contribution in [-0.4, -0.2) is 24.8 Å². The largest absolute Gasteiger partial charge is 0.497 e. The second kappa shape index (κ2) is 8.95. The fourth-order valence-electron chi connectivity index (χ4n) is 3.96. The molecule has 1 aliphatic heterocycles. The van der Waals surface area contributed by atoms with E-state index in [0.717, 1.165) is 23.5 Å². The number of esters is 1. The van der Waals surface area contributed by atoms with Crippen molar-refractivity contribution in [2.75, 3.05) is 17.3 Å². The molecule has 2 unspecified atom stereocenters. The molecular weight excluding hydrogens is 400 g/mol. The zero-order chi connectivity index (χ0) is 22.7. The van der Waals surface area contributed by atoms with Crippen molar-refractivity contribution < 1.29 is 14.3 Å². The SMILES string of the molecule is COc1ccc(N2C(Nc3ccccc3)CC2c2ccc(C(=O)OC(C)(C)C)cc2)cc1. The molecule has 5 nitrogen and oxygen atoms in total. The molecule has 0 spiro atoms. The van der Waals surface area contributed by atoms with Gasteiger partial charge in [0.05, 0.1) is 18.7 Å². The van der Waals surface area contributed by atoms with Gasteiger partial charge in [-0.05, 0) is 74.9 Å². The fraction of sp³-hybridized carbons (Fsp3) is 0.296. The van der Waals surface area contributed by atoms with Gasteiger partial charge < -0.3 is 19.7 Å². The quantitative estimate of drug-likeness (QED) is 0.483. The third-order valence-corrected chi connectivity index (χ3v) is 5.53. The number of nitrogens with one attached hydrogen (secondary N) is 1. The molecule has 1 saturated heterocycles. The Morgan fingerprint density at radius 2 is 1.59 bits per heavy atom. The van der Waals surface area contributed by atoms with E-state index in [-0.39, 0.29) is 18.2 Å². The highest BCUT2D eigenvalue weighted by molar-refractivity contribution is 5.89. The van der Waals surface area contributed by atoms with E-state index < -0.39 is 5.60 Å². The van der Waals surface area contributed by atoms with Gasteiger partial charge in [-0.3, -0.25) is 0 Å². The first-order valence-electron chi connectivity index (χ1n) is 10.9. The molecule has 1 aliphatic rings. The summed E-state index contributed by atoms with van der Waals surface area (Å²) in [7, 11) is 1.67. The normalized spacial score (nSPS) is 17.9. The monoisotopic (exact) mass is 430 g/mol. The third kappa shape index (κ3) is 4.88. The molecule has 1 fully saturated rings. The standard InChI is InChI=1S/C27H30N2O3/c1-27(2,3)32-26(30)20-12-10-19(11-13-20)24-18-25(28-21-8-6-5-7-9-21)29(24)22-14-16-23(31-4)17-15-22/h5-17,24-25,28H,18H2,1-4H3. The van der Waals surface area contributed by atoms with Crippen LogP contribution < -0.4 is 15.0 Å². The first-order valence-corrected chi connectivity index (χ1v) is 10.9. The van der Waals surface area contributed by atoms with E-state index in [0.29, 0.717) is 5.56 Å². The Hall–Kier alpha value is -3.47. The first-order chi connectivity index (χ1) is 15.3. The first kappa shape index (κ1) is 21.8. The van der Waals surface area contributed by atoms with Crippen molar-refractivity contribution in [2.45, 2.75) is 45.0 Å². The topological polar surface area (TPSA) is 50.8 Å². The zero-order valence-electron chi connectivity index (χ0n) is 19.0. The Labute approximate surface area is 190 Å². The molecule has 3 aromatic rings. The van der Waals surface area contributed by atoms with E-state index in [2.05, 4.69) is 34.5 Å². The van der Waals surface area contributed by atoms with E-state index in [1.54, 1.807) is 7.11 Å². The van der Waals surface area contributed by atoms with Crippen molar-refractivity contribution in [2.24, 2.45) is 0 Å². The number of hydrogen-bond donors (Lipinski definition) is 1. The Kier molecular flexibility index (Phi) is 6.08. The summed E-state index contributed by atoms with van der Waals surface area (Å²) in [5, 5.41) is 3.63. The summed E-state index contributed by atoms with van der Waals surface area (Å²) in [6.07, 6.45) is 1.12. The molecule has 1 N–H and O–H groups in total. The zero-order valence-corrected chi connectivity index (χ0v) is 19.0. The Morgan fingerprint density at radius 1 is 0.938 bits per heavy atom. The smallest absolute Gasteiger partial charge is 0.338 e. The summed E-state index contributed by atoms with van der Waals surface area (Å²) in [5.41, 5.74) is 3.43. The Bertz CT molecular complexity index is 1040. The van der Waals surface area contributed by atoms with Crippen LogP contribution in [0.3, 0.4) is 0 Å². The summed E-state index contributed by atoms with van der Waals surface area (Å²) in [5.74, 6) is 0.536. The molecule has 166 valence electrons. The van der Waals surface area contributed by atoms with Crippen molar-refractivity contribution in [3.8, 4) is 5.75 Å². The van der Waals surface area contributed by atoms with Gasteiger partial charge in [0.15, 0.2) is 0 Å². The maximum absolute atomic E-state index is 12.4. The molecule has 1 heterocycles. The molecule has 0 bridgehead atoms. The van der Waals surface area contributed by atoms with Crippen molar-refractivity contribution in [3.63, 3.8) is 0 Å². The molecule has 0 amide bonds. The molecule has 32 heavy (non-hydrogen) atoms. The number of anilines is 2. The maximum atomic E-state index is 12.4. The molecule has 5 heteroatoms. The summed E-state index contributed by atoms with van der Waals surface area (Å²) in [4.78, 5) is 14.7. The second-order valence-corrected chi connectivity index (χ2v) is 9.01. The second-order valence-electron chi connectivity index (χ2n) is 9.01. The molecule has 0 saturated carbocycles. The molecule has 3 aromatic carbocycles. The van der Waals surface area contributed by atoms with Crippen LogP contribution in [0, 0.1) is 0 Å². The average Bonchev–Trinajstić information content (AvgIpc) is 2.76. The maximum Gasteiger partial charge on any atom is 0.338 e. The van der Waals surface area contributed by atoms with Crippen LogP contribution in [0.15, 0.2) is 78.9 Å². The minimum atomic E-state index is -0.509. The Balaban J connectivity index is 1.55. The lowest BCUT2D eigenvalue weighted by molar-refractivity contribution is 0.00695. The predicted molar refractivity (Wildman–Crippen MR) is 128 cm³/mol. The molecule has 0 aliphatic carbocycles. The number of carbonyl (C=O) groups excluding carboxylic acids is 1. The average molecular weight is 431 g/mol. The van der Waals surface area contributed by atoms with Crippen LogP contribution in [0.1, 0.15) is 49.2 Å². The van der Waals surface area contributed by atoms with Crippen LogP contribution in [0.2, 0.25) is 0 Å². The number of ether oxygens (including phenoxy) is 2. The van der Waals surface area contributed by atoms with E-state index >= 15 is 0 Å². The number of nitrogens with zero attached hydrogens (tertiary/aromatic N) is 1. The lowest BCUT2D eigenvalue weighted by Gasteiger charge is -2.51. The number of para-hydroxylation sites is 1. The summed E-state index contributed by atoms with van der Waals surface area (Å²) >= 11 is 0. The van der Waals surface area contributed by atoms with Gasteiger partial charge in [0.25, 0.3) is 0 Å². The lowest BCUT2D eigenvalue weighted by Crippen LogP contribution is -2.54. The Morgan fingerprint density at radius 3 is 2.19 bits per heavy atom. The third-order valence-electron chi connectivity index (χ3n) is 5.53. The summed E-state index contributed by atoms with van der Waals surface area (Å²) < 4.78 is 10.8. The van der Waals surface area contributed by atoms with Gasteiger partial charge in [0.2, 0.25) is 0 Å². The fourth-order valence-corrected chi connectivity index (χ4v) is 3.96. The van der Waals surface area contributed by atoms with E-state index in [1.165, 1.54) is 5.56 Å². The highest BCUT2D eigenvalue weighted by Crippen LogP contribution is 2.43. The molecule has 0 radical (unpaired) electrons. The van der Waals surface area contributed by atoms with Gasteiger partial charge in [-0.1, -0.05) is 30.3 Å². The highest BCUT2D eigenvalue weighted by atomic mass is 16.6. The minimum Gasteiger partial charge on any atom is -0.497 e. The lowest BCUT2D eigenvalue weighted by atomic mass is 9.89. The van der Waals surface area contributed by atoms with Gasteiger partial charge in [0.1, 0.15) is 17.5 Å². The minimum absolute atomic E-state index is 0.168. The number of hydrogen-bond acceptors (Lipinski definition) is 5. The van der Waals surface area contributed by atoms with Crippen molar-refractivity contribution in [3.05, 3.63) is 90.0 Å². The van der Waals surface area contributed by atoms with Gasteiger partial charge in [0, 0.05) is 17.8 Å². The van der Waals surface area contributed by atoms with Crippen molar-refractivity contribution in [1.29, 1.82) is 0 Å². The van der Waals surface area contributed by atoms with Crippen molar-refractivity contribution in [1.82, 2.24) is 0 Å². The molecular formula is C27H30N2O3. The number of benzene rings is 3. The van der Waals surface area contributed by atoms with Crippen LogP contribution in [0.5, 0.6) is 5.75 Å². The van der Waals surface area contributed by atoms with E-state index in [9.17, 15) is 4.79 Å². The van der Waals surface area contributed by atoms with Crippen molar-refractivity contribution >= 4 is 17.3 Å². The number of carbonyl (C=O) groups is 1. The van der Waals surface area contributed by atoms with Crippen LogP contribution >= 0.6 is 0 Å². The highest BCUT2D eigenvalue weighted by Gasteiger charge is 2.39. The molecule has 4 rings (SSSR count). The van der Waals surface area contributed by atoms with E-state index in [1.807, 2.05) is 75.4 Å². The van der Waals surface area contributed by atoms with Crippen LogP contribution in [0.4, 0.5) is 11.4 Å². The van der Waals surface area contributed by atoms with Crippen LogP contribution in [-0.2, 0) is 4.74 Å². The van der Waals surface area contributed by atoms with Gasteiger partial charge >= 0.3 is 5.97 Å². The van der Waals surface area contributed by atoms with Gasteiger partial charge in [-0.25, -0.2) is 4.79 Å².